The molecule has 0 bridgehead atoms. The molecule has 3 aliphatic heterocycles. The van der Waals surface area contributed by atoms with E-state index >= 15 is 0 Å². The fourth-order valence-electron chi connectivity index (χ4n) is 7.50. The summed E-state index contributed by atoms with van der Waals surface area (Å²) in [5.41, 5.74) is 2.70. The maximum absolute atomic E-state index is 13.7. The number of unbranched alkanes of at least 4 members (excludes halogenated alkanes) is 5. The number of rotatable bonds is 16. The van der Waals surface area contributed by atoms with E-state index in [-0.39, 0.29) is 42.5 Å². The number of carboxylic acid groups (broad SMARTS) is 2. The minimum atomic E-state index is -0.740. The molecule has 11 nitrogen and oxygen atoms in total. The Labute approximate surface area is 308 Å². The van der Waals surface area contributed by atoms with Gasteiger partial charge in [-0.1, -0.05) is 74.2 Å². The number of para-hydroxylation sites is 1. The van der Waals surface area contributed by atoms with Crippen molar-refractivity contribution in [1.82, 2.24) is 15.5 Å². The summed E-state index contributed by atoms with van der Waals surface area (Å²) in [7, 11) is 0. The summed E-state index contributed by atoms with van der Waals surface area (Å²) in [6.45, 7) is 6.76. The van der Waals surface area contributed by atoms with Crippen LogP contribution in [0.1, 0.15) is 108 Å². The number of nitrogens with zero attached hydrogens (tertiary/aromatic N) is 2. The van der Waals surface area contributed by atoms with E-state index < -0.39 is 23.4 Å². The Bertz CT molecular complexity index is 1460. The van der Waals surface area contributed by atoms with Gasteiger partial charge in [0.1, 0.15) is 6.04 Å². The number of carbonyl (C=O) groups is 5. The number of likely N-dealkylation sites (tertiary alicyclic amines) is 1. The van der Waals surface area contributed by atoms with Crippen molar-refractivity contribution in [2.24, 2.45) is 5.92 Å². The molecule has 0 aromatic heterocycles. The van der Waals surface area contributed by atoms with Gasteiger partial charge in [0.2, 0.25) is 17.7 Å². The van der Waals surface area contributed by atoms with Gasteiger partial charge in [-0.05, 0) is 89.0 Å². The molecular formula is C41H58N4O7. The molecular weight excluding hydrogens is 660 g/mol. The first-order valence-corrected chi connectivity index (χ1v) is 19.2. The molecule has 0 aliphatic carbocycles. The average Bonchev–Trinajstić information content (AvgIpc) is 3.35. The SMILES string of the molecule is CC1(C)C(=O)N(C2CCN(C(=O)[C@H](CCc3ccccc3)NC(=O)[C@@H]3CCCNC3)CC2)c2ccccc21.O=C(O)CCCCCCCCC(=O)O. The molecule has 0 spiro atoms. The van der Waals surface area contributed by atoms with Crippen LogP contribution in [0.4, 0.5) is 5.69 Å². The number of anilines is 1. The number of aryl methyl sites for hydroxylation is 1. The lowest BCUT2D eigenvalue weighted by atomic mass is 9.86. The van der Waals surface area contributed by atoms with Crippen LogP contribution in [-0.4, -0.2) is 83.0 Å². The lowest BCUT2D eigenvalue weighted by Crippen LogP contribution is -2.55. The van der Waals surface area contributed by atoms with Crippen molar-refractivity contribution in [1.29, 1.82) is 0 Å². The van der Waals surface area contributed by atoms with E-state index in [1.165, 1.54) is 0 Å². The third-order valence-corrected chi connectivity index (χ3v) is 10.6. The lowest BCUT2D eigenvalue weighted by Gasteiger charge is -2.39. The van der Waals surface area contributed by atoms with Gasteiger partial charge in [0.15, 0.2) is 0 Å². The van der Waals surface area contributed by atoms with Crippen LogP contribution in [0.5, 0.6) is 0 Å². The third kappa shape index (κ3) is 11.6. The predicted molar refractivity (Wildman–Crippen MR) is 201 cm³/mol. The van der Waals surface area contributed by atoms with Crippen LogP contribution in [-0.2, 0) is 35.8 Å². The molecule has 3 amide bonds. The van der Waals surface area contributed by atoms with Crippen LogP contribution in [0.25, 0.3) is 0 Å². The quantitative estimate of drug-likeness (QED) is 0.161. The summed E-state index contributed by atoms with van der Waals surface area (Å²) in [6, 6.07) is 17.7. The average molecular weight is 719 g/mol. The van der Waals surface area contributed by atoms with Crippen LogP contribution >= 0.6 is 0 Å². The molecule has 2 fully saturated rings. The predicted octanol–water partition coefficient (Wildman–Crippen LogP) is 5.70. The Kier molecular flexibility index (Phi) is 15.7. The molecule has 2 atom stereocenters. The van der Waals surface area contributed by atoms with E-state index in [2.05, 4.69) is 22.8 Å². The van der Waals surface area contributed by atoms with Gasteiger partial charge >= 0.3 is 11.9 Å². The van der Waals surface area contributed by atoms with E-state index in [0.717, 1.165) is 94.0 Å². The van der Waals surface area contributed by atoms with Crippen molar-refractivity contribution >= 4 is 35.3 Å². The van der Waals surface area contributed by atoms with Gasteiger partial charge in [0.25, 0.3) is 0 Å². The van der Waals surface area contributed by atoms with Gasteiger partial charge < -0.3 is 30.6 Å². The van der Waals surface area contributed by atoms with Gasteiger partial charge in [-0.3, -0.25) is 24.0 Å². The smallest absolute Gasteiger partial charge is 0.303 e. The zero-order valence-corrected chi connectivity index (χ0v) is 31.0. The van der Waals surface area contributed by atoms with Crippen molar-refractivity contribution in [2.75, 3.05) is 31.1 Å². The van der Waals surface area contributed by atoms with E-state index in [9.17, 15) is 24.0 Å². The number of hydrogen-bond acceptors (Lipinski definition) is 6. The number of nitrogens with one attached hydrogen (secondary N) is 2. The molecule has 2 saturated heterocycles. The third-order valence-electron chi connectivity index (χ3n) is 10.6. The van der Waals surface area contributed by atoms with Crippen molar-refractivity contribution in [3.63, 3.8) is 0 Å². The first-order chi connectivity index (χ1) is 25.0. The standard InChI is InChI=1S/C31H40N4O3.C10H18O4/c1-31(2)25-12-6-7-13-27(25)35(30(31)38)24-16-19-34(20-17-24)29(37)26(15-14-22-9-4-3-5-10-22)33-28(36)23-11-8-18-32-21-23;11-9(12)7-5-3-1-2-4-6-8-10(13)14/h3-7,9-10,12-13,23-24,26,32H,8,11,14-21H2,1-2H3,(H,33,36);1-8H2,(H,11,12)(H,13,14)/t23-,26+;/m1./s1. The molecule has 3 heterocycles. The highest BCUT2D eigenvalue weighted by Crippen LogP contribution is 2.43. The van der Waals surface area contributed by atoms with E-state index in [1.807, 2.05) is 66.1 Å². The molecule has 11 heteroatoms. The van der Waals surface area contributed by atoms with Crippen molar-refractivity contribution in [3.8, 4) is 0 Å². The van der Waals surface area contributed by atoms with Crippen molar-refractivity contribution < 1.29 is 34.2 Å². The summed E-state index contributed by atoms with van der Waals surface area (Å²) < 4.78 is 0. The van der Waals surface area contributed by atoms with Crippen molar-refractivity contribution in [3.05, 3.63) is 65.7 Å². The summed E-state index contributed by atoms with van der Waals surface area (Å²) in [5.74, 6) is -1.47. The molecule has 284 valence electrons. The molecule has 2 aromatic rings. The Morgan fingerprint density at radius 2 is 1.44 bits per heavy atom. The van der Waals surface area contributed by atoms with Gasteiger partial charge in [-0.25, -0.2) is 0 Å². The van der Waals surface area contributed by atoms with Gasteiger partial charge in [0.05, 0.1) is 11.3 Å². The van der Waals surface area contributed by atoms with Crippen LogP contribution in [0.3, 0.4) is 0 Å². The Morgan fingerprint density at radius 3 is 2.04 bits per heavy atom. The second-order valence-electron chi connectivity index (χ2n) is 14.9. The van der Waals surface area contributed by atoms with Crippen LogP contribution in [0.15, 0.2) is 54.6 Å². The minimum absolute atomic E-state index is 0.00928. The Hall–Kier alpha value is -4.25. The van der Waals surface area contributed by atoms with Gasteiger partial charge in [-0.15, -0.1) is 0 Å². The number of carboxylic acids is 2. The number of aliphatic carboxylic acids is 2. The molecule has 0 unspecified atom stereocenters. The minimum Gasteiger partial charge on any atom is -0.481 e. The highest BCUT2D eigenvalue weighted by atomic mass is 16.4. The number of benzene rings is 2. The largest absolute Gasteiger partial charge is 0.481 e. The monoisotopic (exact) mass is 718 g/mol. The zero-order valence-electron chi connectivity index (χ0n) is 31.0. The molecule has 0 radical (unpaired) electrons. The highest BCUT2D eigenvalue weighted by molar-refractivity contribution is 6.08. The highest BCUT2D eigenvalue weighted by Gasteiger charge is 2.47. The first-order valence-electron chi connectivity index (χ1n) is 19.2. The fourth-order valence-corrected chi connectivity index (χ4v) is 7.50. The number of carbonyl (C=O) groups excluding carboxylic acids is 3. The maximum atomic E-state index is 13.7. The Balaban J connectivity index is 0.000000368. The molecule has 4 N–H and O–H groups in total. The molecule has 2 aromatic carbocycles. The molecule has 0 saturated carbocycles. The molecule has 52 heavy (non-hydrogen) atoms. The molecule has 5 rings (SSSR count). The van der Waals surface area contributed by atoms with Crippen LogP contribution < -0.4 is 15.5 Å². The van der Waals surface area contributed by atoms with E-state index in [4.69, 9.17) is 10.2 Å². The Morgan fingerprint density at radius 1 is 0.846 bits per heavy atom. The van der Waals surface area contributed by atoms with Gasteiger partial charge in [-0.2, -0.15) is 0 Å². The lowest BCUT2D eigenvalue weighted by molar-refractivity contribution is -0.138. The van der Waals surface area contributed by atoms with E-state index in [1.54, 1.807) is 0 Å². The van der Waals surface area contributed by atoms with Crippen LogP contribution in [0, 0.1) is 5.92 Å². The molecule has 3 aliphatic rings. The fraction of sp³-hybridized carbons (Fsp3) is 0.585. The van der Waals surface area contributed by atoms with Crippen LogP contribution in [0.2, 0.25) is 0 Å². The zero-order chi connectivity index (χ0) is 37.5. The summed E-state index contributed by atoms with van der Waals surface area (Å²) in [5, 5.41) is 23.1. The second-order valence-corrected chi connectivity index (χ2v) is 14.9. The number of hydrogen-bond donors (Lipinski definition) is 4. The second kappa shape index (κ2) is 20.1. The summed E-state index contributed by atoms with van der Waals surface area (Å²) >= 11 is 0. The number of fused-ring (bicyclic) bond motifs is 1. The summed E-state index contributed by atoms with van der Waals surface area (Å²) in [6.07, 6.45) is 10.4. The topological polar surface area (TPSA) is 156 Å². The number of amides is 3. The number of piperidine rings is 2. The van der Waals surface area contributed by atoms with Crippen molar-refractivity contribution in [2.45, 2.75) is 121 Å². The maximum Gasteiger partial charge on any atom is 0.303 e. The van der Waals surface area contributed by atoms with Gasteiger partial charge in [0, 0.05) is 44.2 Å². The first kappa shape index (κ1) is 40.5. The summed E-state index contributed by atoms with van der Waals surface area (Å²) in [4.78, 5) is 64.4. The normalized spacial score (nSPS) is 18.9. The van der Waals surface area contributed by atoms with E-state index in [0.29, 0.717) is 26.1 Å².